The standard InChI is InChI=1S/C10H16F3N3/c1-3-16-9(4-5-15-16)7-14-8(2)6-10(11,12)13/h4-5,8,14H,3,6-7H2,1-2H3. The lowest BCUT2D eigenvalue weighted by molar-refractivity contribution is -0.139. The summed E-state index contributed by atoms with van der Waals surface area (Å²) in [5.41, 5.74) is 0.900. The van der Waals surface area contributed by atoms with Gasteiger partial charge in [-0.1, -0.05) is 0 Å². The predicted octanol–water partition coefficient (Wildman–Crippen LogP) is 2.33. The number of alkyl halides is 3. The molecule has 92 valence electrons. The molecule has 16 heavy (non-hydrogen) atoms. The number of hydrogen-bond donors (Lipinski definition) is 1. The Balaban J connectivity index is 2.40. The van der Waals surface area contributed by atoms with E-state index in [2.05, 4.69) is 10.4 Å². The molecule has 1 unspecified atom stereocenters. The quantitative estimate of drug-likeness (QED) is 0.848. The minimum absolute atomic E-state index is 0.408. The van der Waals surface area contributed by atoms with E-state index in [1.807, 2.05) is 6.92 Å². The Kier molecular flexibility index (Phi) is 4.35. The van der Waals surface area contributed by atoms with Crippen LogP contribution in [0, 0.1) is 0 Å². The molecule has 1 atom stereocenters. The fourth-order valence-corrected chi connectivity index (χ4v) is 1.49. The van der Waals surface area contributed by atoms with E-state index in [1.165, 1.54) is 6.92 Å². The third-order valence-electron chi connectivity index (χ3n) is 2.27. The molecule has 1 aromatic heterocycles. The lowest BCUT2D eigenvalue weighted by Gasteiger charge is -2.16. The predicted molar refractivity (Wildman–Crippen MR) is 54.9 cm³/mol. The highest BCUT2D eigenvalue weighted by Gasteiger charge is 2.29. The van der Waals surface area contributed by atoms with Crippen LogP contribution in [0.2, 0.25) is 0 Å². The van der Waals surface area contributed by atoms with Gasteiger partial charge in [-0.2, -0.15) is 18.3 Å². The molecule has 0 saturated carbocycles. The van der Waals surface area contributed by atoms with E-state index in [4.69, 9.17) is 0 Å². The maximum Gasteiger partial charge on any atom is 0.390 e. The minimum atomic E-state index is -4.11. The van der Waals surface area contributed by atoms with Crippen LogP contribution in [-0.4, -0.2) is 22.0 Å². The Labute approximate surface area is 92.6 Å². The van der Waals surface area contributed by atoms with Gasteiger partial charge in [0.15, 0.2) is 0 Å². The van der Waals surface area contributed by atoms with E-state index in [1.54, 1.807) is 16.9 Å². The molecule has 3 nitrogen and oxygen atoms in total. The topological polar surface area (TPSA) is 29.9 Å². The molecule has 1 N–H and O–H groups in total. The number of nitrogens with one attached hydrogen (secondary N) is 1. The smallest absolute Gasteiger partial charge is 0.308 e. The molecule has 1 rings (SSSR count). The van der Waals surface area contributed by atoms with E-state index < -0.39 is 18.6 Å². The zero-order valence-corrected chi connectivity index (χ0v) is 9.38. The van der Waals surface area contributed by atoms with Gasteiger partial charge in [-0.25, -0.2) is 0 Å². The van der Waals surface area contributed by atoms with Gasteiger partial charge in [0.25, 0.3) is 0 Å². The number of aromatic nitrogens is 2. The van der Waals surface area contributed by atoms with Gasteiger partial charge in [0.05, 0.1) is 12.1 Å². The average molecular weight is 235 g/mol. The average Bonchev–Trinajstić information content (AvgIpc) is 2.59. The minimum Gasteiger partial charge on any atom is -0.308 e. The molecule has 0 amide bonds. The van der Waals surface area contributed by atoms with Gasteiger partial charge < -0.3 is 5.32 Å². The second-order valence-electron chi connectivity index (χ2n) is 3.74. The lowest BCUT2D eigenvalue weighted by atomic mass is 10.2. The molecule has 0 aliphatic rings. The van der Waals surface area contributed by atoms with Gasteiger partial charge in [-0.15, -0.1) is 0 Å². The van der Waals surface area contributed by atoms with Crippen LogP contribution < -0.4 is 5.32 Å². The highest BCUT2D eigenvalue weighted by Crippen LogP contribution is 2.21. The highest BCUT2D eigenvalue weighted by atomic mass is 19.4. The maximum absolute atomic E-state index is 12.1. The Morgan fingerprint density at radius 1 is 1.50 bits per heavy atom. The second kappa shape index (κ2) is 5.34. The van der Waals surface area contributed by atoms with Gasteiger partial charge >= 0.3 is 6.18 Å². The first kappa shape index (κ1) is 13.0. The summed E-state index contributed by atoms with van der Waals surface area (Å²) in [7, 11) is 0. The highest BCUT2D eigenvalue weighted by molar-refractivity contribution is 5.00. The zero-order chi connectivity index (χ0) is 12.2. The van der Waals surface area contributed by atoms with E-state index in [0.717, 1.165) is 12.2 Å². The summed E-state index contributed by atoms with van der Waals surface area (Å²) in [6.07, 6.45) is -3.28. The van der Waals surface area contributed by atoms with E-state index >= 15 is 0 Å². The summed E-state index contributed by atoms with van der Waals surface area (Å²) in [6.45, 7) is 4.60. The van der Waals surface area contributed by atoms with Gasteiger partial charge in [0.1, 0.15) is 0 Å². The van der Waals surface area contributed by atoms with Crippen molar-refractivity contribution in [3.63, 3.8) is 0 Å². The maximum atomic E-state index is 12.1. The second-order valence-corrected chi connectivity index (χ2v) is 3.74. The summed E-state index contributed by atoms with van der Waals surface area (Å²) in [4.78, 5) is 0. The molecule has 1 heterocycles. The molecule has 1 aromatic rings. The van der Waals surface area contributed by atoms with Crippen LogP contribution in [0.5, 0.6) is 0 Å². The Hall–Kier alpha value is -1.04. The summed E-state index contributed by atoms with van der Waals surface area (Å²) in [6, 6.07) is 1.22. The zero-order valence-electron chi connectivity index (χ0n) is 9.38. The van der Waals surface area contributed by atoms with Gasteiger partial charge in [0, 0.05) is 25.3 Å². The van der Waals surface area contributed by atoms with Gasteiger partial charge in [-0.05, 0) is 19.9 Å². The van der Waals surface area contributed by atoms with E-state index in [-0.39, 0.29) is 0 Å². The number of aryl methyl sites for hydroxylation is 1. The van der Waals surface area contributed by atoms with Crippen LogP contribution in [-0.2, 0) is 13.1 Å². The van der Waals surface area contributed by atoms with Crippen LogP contribution in [0.1, 0.15) is 26.0 Å². The molecule has 0 aromatic carbocycles. The molecule has 0 bridgehead atoms. The number of halogens is 3. The largest absolute Gasteiger partial charge is 0.390 e. The molecule has 0 fully saturated rings. The van der Waals surface area contributed by atoms with Crippen molar-refractivity contribution in [3.05, 3.63) is 18.0 Å². The normalized spacial score (nSPS) is 14.1. The van der Waals surface area contributed by atoms with Crippen LogP contribution >= 0.6 is 0 Å². The van der Waals surface area contributed by atoms with Gasteiger partial charge in [0.2, 0.25) is 0 Å². The lowest BCUT2D eigenvalue weighted by Crippen LogP contribution is -2.31. The monoisotopic (exact) mass is 235 g/mol. The molecule has 0 radical (unpaired) electrons. The van der Waals surface area contributed by atoms with Crippen molar-refractivity contribution in [2.45, 2.75) is 45.6 Å². The Morgan fingerprint density at radius 3 is 2.75 bits per heavy atom. The summed E-state index contributed by atoms with van der Waals surface area (Å²) in [5, 5.41) is 6.88. The first-order valence-corrected chi connectivity index (χ1v) is 5.23. The van der Waals surface area contributed by atoms with Crippen molar-refractivity contribution in [1.29, 1.82) is 0 Å². The molecule has 6 heteroatoms. The van der Waals surface area contributed by atoms with Crippen molar-refractivity contribution < 1.29 is 13.2 Å². The van der Waals surface area contributed by atoms with Crippen LogP contribution in [0.15, 0.2) is 12.3 Å². The third kappa shape index (κ3) is 4.22. The SMILES string of the molecule is CCn1nccc1CNC(C)CC(F)(F)F. The Bertz CT molecular complexity index is 319. The Morgan fingerprint density at radius 2 is 2.19 bits per heavy atom. The molecule has 0 aliphatic heterocycles. The molecule has 0 saturated heterocycles. The van der Waals surface area contributed by atoms with Crippen LogP contribution in [0.4, 0.5) is 13.2 Å². The van der Waals surface area contributed by atoms with Crippen molar-refractivity contribution in [3.8, 4) is 0 Å². The summed E-state index contributed by atoms with van der Waals surface area (Å²) < 4.78 is 37.9. The number of nitrogens with zero attached hydrogens (tertiary/aromatic N) is 2. The fourth-order valence-electron chi connectivity index (χ4n) is 1.49. The van der Waals surface area contributed by atoms with E-state index in [0.29, 0.717) is 6.54 Å². The first-order chi connectivity index (χ1) is 7.42. The number of rotatable bonds is 5. The molecular formula is C10H16F3N3. The fraction of sp³-hybridized carbons (Fsp3) is 0.700. The van der Waals surface area contributed by atoms with E-state index in [9.17, 15) is 13.2 Å². The van der Waals surface area contributed by atoms with Crippen LogP contribution in [0.25, 0.3) is 0 Å². The summed E-state index contributed by atoms with van der Waals surface area (Å²) in [5.74, 6) is 0. The molecular weight excluding hydrogens is 219 g/mol. The van der Waals surface area contributed by atoms with Crippen LogP contribution in [0.3, 0.4) is 0 Å². The first-order valence-electron chi connectivity index (χ1n) is 5.23. The van der Waals surface area contributed by atoms with Gasteiger partial charge in [-0.3, -0.25) is 4.68 Å². The molecule has 0 aliphatic carbocycles. The van der Waals surface area contributed by atoms with Crippen molar-refractivity contribution in [2.75, 3.05) is 0 Å². The summed E-state index contributed by atoms with van der Waals surface area (Å²) >= 11 is 0. The van der Waals surface area contributed by atoms with Crippen molar-refractivity contribution >= 4 is 0 Å². The van der Waals surface area contributed by atoms with Crippen molar-refractivity contribution in [1.82, 2.24) is 15.1 Å². The third-order valence-corrected chi connectivity index (χ3v) is 2.27. The van der Waals surface area contributed by atoms with Crippen molar-refractivity contribution in [2.24, 2.45) is 0 Å². The molecule has 0 spiro atoms. The number of hydrogen-bond acceptors (Lipinski definition) is 2.